The van der Waals surface area contributed by atoms with Gasteiger partial charge in [0.25, 0.3) is 5.91 Å². The molecule has 0 spiro atoms. The Hall–Kier alpha value is -4.29. The van der Waals surface area contributed by atoms with Gasteiger partial charge < -0.3 is 28.8 Å². The van der Waals surface area contributed by atoms with Crippen LogP contribution >= 0.6 is 11.3 Å². The number of nitrogens with zero attached hydrogens (tertiary/aromatic N) is 5. The molecule has 3 fully saturated rings. The van der Waals surface area contributed by atoms with Gasteiger partial charge in [-0.1, -0.05) is 32.9 Å². The minimum atomic E-state index is -0.689. The molecule has 3 aliphatic rings. The number of hydrazine groups is 1. The van der Waals surface area contributed by atoms with E-state index in [0.717, 1.165) is 109 Å². The van der Waals surface area contributed by atoms with Crippen LogP contribution < -0.4 is 10.7 Å². The van der Waals surface area contributed by atoms with Crippen molar-refractivity contribution in [3.05, 3.63) is 70.4 Å². The van der Waals surface area contributed by atoms with Gasteiger partial charge in [0, 0.05) is 85.0 Å². The minimum absolute atomic E-state index is 0.0880. The third-order valence-electron chi connectivity index (χ3n) is 12.4. The molecule has 2 N–H and O–H groups in total. The maximum atomic E-state index is 13.9. The third kappa shape index (κ3) is 9.29. The molecule has 0 radical (unpaired) electrons. The Morgan fingerprint density at radius 2 is 2.08 bits per heavy atom. The van der Waals surface area contributed by atoms with Crippen molar-refractivity contribution in [1.29, 1.82) is 0 Å². The predicted molar refractivity (Wildman–Crippen MR) is 238 cm³/mol. The molecular weight excluding hydrogens is 775 g/mol. The average Bonchev–Trinajstić information content (AvgIpc) is 3.89. The normalized spacial score (nSPS) is 20.2. The number of amides is 1. The molecule has 6 heterocycles. The zero-order valence-electron chi connectivity index (χ0n) is 36.3. The first-order chi connectivity index (χ1) is 29.1. The maximum Gasteiger partial charge on any atom is 0.262 e. The topological polar surface area (TPSA) is 115 Å². The van der Waals surface area contributed by atoms with Crippen LogP contribution in [-0.4, -0.2) is 102 Å². The quantitative estimate of drug-likeness (QED) is 0.103. The Bertz CT molecular complexity index is 2150. The van der Waals surface area contributed by atoms with E-state index in [1.807, 2.05) is 6.92 Å². The first kappa shape index (κ1) is 43.8. The second-order valence-electron chi connectivity index (χ2n) is 17.0. The van der Waals surface area contributed by atoms with Gasteiger partial charge in [0.1, 0.15) is 29.9 Å². The zero-order chi connectivity index (χ0) is 42.4. The molecule has 0 bridgehead atoms. The standard InChI is InChI=1S/C47H63N7O5S/c1-9-48-42(46(55)54-19-14-13-18-50-54)44(59-12-4)45-51-39(29-60-45)33-15-16-40-36(24-33)38(26-47(6,7)30-57-11-3)43(53(40)10-2)37-25-34(27-49-41(37)31(5)56-8)32-17-20-52-21-22-58-28-35(52)23-32/h3,9,15-16,24-25,27,29,31-32,35,42,44,48,50H,1,10,12-14,17-23,26,28,30H2,2,4-8H3. The summed E-state index contributed by atoms with van der Waals surface area (Å²) in [5.41, 5.74) is 11.5. The van der Waals surface area contributed by atoms with Crippen LogP contribution in [0.5, 0.6) is 0 Å². The molecule has 5 unspecified atom stereocenters. The molecule has 1 amide bonds. The fourth-order valence-corrected chi connectivity index (χ4v) is 10.2. The number of fused-ring (bicyclic) bond motifs is 2. The van der Waals surface area contributed by atoms with Crippen molar-refractivity contribution < 1.29 is 23.7 Å². The van der Waals surface area contributed by atoms with E-state index in [9.17, 15) is 4.79 Å². The van der Waals surface area contributed by atoms with Crippen LogP contribution in [0, 0.1) is 17.9 Å². The van der Waals surface area contributed by atoms with E-state index >= 15 is 0 Å². The molecule has 3 saturated heterocycles. The van der Waals surface area contributed by atoms with Crippen LogP contribution in [0.2, 0.25) is 0 Å². The van der Waals surface area contributed by atoms with E-state index in [1.165, 1.54) is 22.5 Å². The molecule has 1 aromatic carbocycles. The van der Waals surface area contributed by atoms with Gasteiger partial charge in [-0.05, 0) is 101 Å². The Labute approximate surface area is 360 Å². The van der Waals surface area contributed by atoms with Gasteiger partial charge in [0.2, 0.25) is 0 Å². The van der Waals surface area contributed by atoms with Gasteiger partial charge in [0.15, 0.2) is 0 Å². The van der Waals surface area contributed by atoms with E-state index in [1.54, 1.807) is 18.3 Å². The maximum absolute atomic E-state index is 13.9. The van der Waals surface area contributed by atoms with Gasteiger partial charge in [-0.2, -0.15) is 0 Å². The van der Waals surface area contributed by atoms with Crippen LogP contribution in [0.3, 0.4) is 0 Å². The Morgan fingerprint density at radius 1 is 1.23 bits per heavy atom. The van der Waals surface area contributed by atoms with Crippen LogP contribution in [0.1, 0.15) is 100 Å². The minimum Gasteiger partial charge on any atom is -0.446 e. The summed E-state index contributed by atoms with van der Waals surface area (Å²) in [5, 5.41) is 8.82. The number of morpholine rings is 1. The fourth-order valence-electron chi connectivity index (χ4n) is 9.28. The number of hydrogen-bond donors (Lipinski definition) is 2. The summed E-state index contributed by atoms with van der Waals surface area (Å²) < 4.78 is 26.3. The van der Waals surface area contributed by atoms with Crippen molar-refractivity contribution >= 4 is 28.1 Å². The van der Waals surface area contributed by atoms with E-state index in [0.29, 0.717) is 38.1 Å². The predicted octanol–water partition coefficient (Wildman–Crippen LogP) is 7.61. The van der Waals surface area contributed by atoms with Gasteiger partial charge in [-0.3, -0.25) is 19.7 Å². The number of thiazole rings is 1. The van der Waals surface area contributed by atoms with Gasteiger partial charge in [-0.25, -0.2) is 10.4 Å². The molecule has 0 saturated carbocycles. The van der Waals surface area contributed by atoms with Crippen LogP contribution in [0.4, 0.5) is 0 Å². The molecule has 5 atom stereocenters. The summed E-state index contributed by atoms with van der Waals surface area (Å²) >= 11 is 1.50. The molecule has 13 heteroatoms. The number of carbonyl (C=O) groups is 1. The number of methoxy groups -OCH3 is 1. The summed E-state index contributed by atoms with van der Waals surface area (Å²) in [6.07, 6.45) is 15.7. The Balaban J connectivity index is 1.33. The second-order valence-corrected chi connectivity index (χ2v) is 17.9. The van der Waals surface area contributed by atoms with Crippen molar-refractivity contribution in [2.75, 3.05) is 59.7 Å². The largest absolute Gasteiger partial charge is 0.446 e. The molecular formula is C47H63N7O5S. The molecule has 3 aliphatic heterocycles. The summed E-state index contributed by atoms with van der Waals surface area (Å²) in [6.45, 7) is 21.2. The highest BCUT2D eigenvalue weighted by Crippen LogP contribution is 2.44. The van der Waals surface area contributed by atoms with Crippen molar-refractivity contribution in [3.8, 4) is 35.0 Å². The Morgan fingerprint density at radius 3 is 2.82 bits per heavy atom. The second kappa shape index (κ2) is 19.6. The van der Waals surface area contributed by atoms with Crippen molar-refractivity contribution in [2.45, 2.75) is 103 Å². The third-order valence-corrected chi connectivity index (χ3v) is 13.3. The summed E-state index contributed by atoms with van der Waals surface area (Å²) in [6, 6.07) is 8.77. The number of rotatable bonds is 17. The van der Waals surface area contributed by atoms with Crippen molar-refractivity contribution in [1.82, 2.24) is 35.2 Å². The van der Waals surface area contributed by atoms with Gasteiger partial charge >= 0.3 is 0 Å². The van der Waals surface area contributed by atoms with Crippen LogP contribution in [0.25, 0.3) is 33.4 Å². The highest BCUT2D eigenvalue weighted by Gasteiger charge is 2.37. The number of aryl methyl sites for hydroxylation is 1. The van der Waals surface area contributed by atoms with Crippen molar-refractivity contribution in [2.24, 2.45) is 5.41 Å². The highest BCUT2D eigenvalue weighted by atomic mass is 32.1. The molecule has 60 heavy (non-hydrogen) atoms. The number of piperidine rings is 1. The number of pyridine rings is 1. The molecule has 0 aliphatic carbocycles. The summed E-state index contributed by atoms with van der Waals surface area (Å²) in [7, 11) is 1.75. The van der Waals surface area contributed by atoms with E-state index < -0.39 is 12.1 Å². The molecule has 12 nitrogen and oxygen atoms in total. The number of carbonyl (C=O) groups excluding carboxylic acids is 1. The summed E-state index contributed by atoms with van der Waals surface area (Å²) in [4.78, 5) is 26.8. The monoisotopic (exact) mass is 837 g/mol. The lowest BCUT2D eigenvalue weighted by Crippen LogP contribution is -2.55. The Kier molecular flexibility index (Phi) is 14.3. The lowest BCUT2D eigenvalue weighted by atomic mass is 9.82. The van der Waals surface area contributed by atoms with Gasteiger partial charge in [-0.15, -0.1) is 11.3 Å². The molecule has 3 aromatic heterocycles. The fraction of sp³-hybridized carbons (Fsp3) is 0.553. The first-order valence-electron chi connectivity index (χ1n) is 21.7. The number of nitrogens with one attached hydrogen (secondary N) is 2. The van der Waals surface area contributed by atoms with E-state index in [4.69, 9.17) is 35.3 Å². The number of ether oxygens (including phenoxy) is 4. The van der Waals surface area contributed by atoms with E-state index in [2.05, 4.69) is 96.4 Å². The average molecular weight is 838 g/mol. The molecule has 322 valence electrons. The SMILES string of the molecule is C#COCC(C)(C)Cc1c(-c2cc(C3CCN4CCOCC4C3)cnc2C(C)OC)n(CC)c2ccc(-c3csc(C(OCC)C(NC=C)C(=O)N4CCCCN4)n3)cc12. The number of terminal acetylenes is 1. The van der Waals surface area contributed by atoms with Crippen LogP contribution in [0.15, 0.2) is 48.6 Å². The first-order valence-corrected chi connectivity index (χ1v) is 22.6. The molecule has 4 aromatic rings. The van der Waals surface area contributed by atoms with Crippen LogP contribution in [-0.2, 0) is 36.7 Å². The number of hydrogen-bond acceptors (Lipinski definition) is 11. The van der Waals surface area contributed by atoms with Crippen molar-refractivity contribution in [3.63, 3.8) is 0 Å². The summed E-state index contributed by atoms with van der Waals surface area (Å²) in [5.74, 6) is 0.294. The van der Waals surface area contributed by atoms with E-state index in [-0.39, 0.29) is 17.4 Å². The highest BCUT2D eigenvalue weighted by molar-refractivity contribution is 7.10. The lowest BCUT2D eigenvalue weighted by molar-refractivity contribution is -0.142. The van der Waals surface area contributed by atoms with Gasteiger partial charge in [0.05, 0.1) is 36.4 Å². The number of benzene rings is 1. The molecule has 7 rings (SSSR count). The number of aromatic nitrogens is 3. The zero-order valence-corrected chi connectivity index (χ0v) is 37.1. The lowest BCUT2D eigenvalue weighted by Gasteiger charge is -2.42. The smallest absolute Gasteiger partial charge is 0.262 e.